The standard InChI is InChI=1S/C17H22N2O2/c1-5-13-10-17(20)19(11-13)12-16(18(2)3)14-6-8-15(21-4)9-7-14/h1,6-9,13,16H,10-12H2,2-4H3. The normalized spacial score (nSPS) is 19.7. The zero-order chi connectivity index (χ0) is 15.4. The SMILES string of the molecule is C#CC1CC(=O)N(CC(c2ccc(OC)cc2)N(C)C)C1. The number of hydrogen-bond donors (Lipinski definition) is 0. The van der Waals surface area contributed by atoms with Gasteiger partial charge in [-0.2, -0.15) is 0 Å². The molecule has 2 unspecified atom stereocenters. The maximum atomic E-state index is 12.0. The smallest absolute Gasteiger partial charge is 0.223 e. The van der Waals surface area contributed by atoms with Gasteiger partial charge in [-0.1, -0.05) is 12.1 Å². The number of methoxy groups -OCH3 is 1. The molecule has 1 heterocycles. The van der Waals surface area contributed by atoms with Crippen molar-refractivity contribution in [1.29, 1.82) is 0 Å². The first-order valence-corrected chi connectivity index (χ1v) is 7.09. The Balaban J connectivity index is 2.12. The number of terminal acetylenes is 1. The van der Waals surface area contributed by atoms with Crippen LogP contribution in [0, 0.1) is 18.3 Å². The van der Waals surface area contributed by atoms with Crippen LogP contribution in [0.2, 0.25) is 0 Å². The summed E-state index contributed by atoms with van der Waals surface area (Å²) in [5.74, 6) is 3.73. The van der Waals surface area contributed by atoms with Gasteiger partial charge in [0.15, 0.2) is 0 Å². The van der Waals surface area contributed by atoms with Crippen LogP contribution in [0.3, 0.4) is 0 Å². The lowest BCUT2D eigenvalue weighted by molar-refractivity contribution is -0.128. The molecule has 112 valence electrons. The first kappa shape index (κ1) is 15.4. The molecule has 0 bridgehead atoms. The van der Waals surface area contributed by atoms with Crippen LogP contribution >= 0.6 is 0 Å². The van der Waals surface area contributed by atoms with E-state index in [9.17, 15) is 4.79 Å². The van der Waals surface area contributed by atoms with Gasteiger partial charge in [-0.25, -0.2) is 0 Å². The van der Waals surface area contributed by atoms with Crippen LogP contribution in [0.5, 0.6) is 5.75 Å². The molecule has 4 nitrogen and oxygen atoms in total. The summed E-state index contributed by atoms with van der Waals surface area (Å²) in [6.07, 6.45) is 5.91. The lowest BCUT2D eigenvalue weighted by atomic mass is 10.1. The Kier molecular flexibility index (Phi) is 4.87. The number of amides is 1. The fourth-order valence-electron chi connectivity index (χ4n) is 2.66. The summed E-state index contributed by atoms with van der Waals surface area (Å²) in [6.45, 7) is 1.33. The molecule has 1 aromatic rings. The zero-order valence-electron chi connectivity index (χ0n) is 12.9. The molecule has 0 spiro atoms. The predicted octanol–water partition coefficient (Wildman–Crippen LogP) is 1.78. The Labute approximate surface area is 126 Å². The summed E-state index contributed by atoms with van der Waals surface area (Å²) in [4.78, 5) is 16.0. The molecule has 1 aliphatic rings. The number of carbonyl (C=O) groups excluding carboxylic acids is 1. The second kappa shape index (κ2) is 6.64. The van der Waals surface area contributed by atoms with E-state index in [2.05, 4.69) is 10.8 Å². The van der Waals surface area contributed by atoms with Crippen LogP contribution in [0.15, 0.2) is 24.3 Å². The molecule has 0 aromatic heterocycles. The van der Waals surface area contributed by atoms with Crippen LogP contribution in [-0.2, 0) is 4.79 Å². The van der Waals surface area contributed by atoms with Gasteiger partial charge >= 0.3 is 0 Å². The number of nitrogens with zero attached hydrogens (tertiary/aromatic N) is 2. The molecule has 0 saturated carbocycles. The van der Waals surface area contributed by atoms with Crippen molar-refractivity contribution in [2.24, 2.45) is 5.92 Å². The highest BCUT2D eigenvalue weighted by Crippen LogP contribution is 2.25. The van der Waals surface area contributed by atoms with E-state index < -0.39 is 0 Å². The summed E-state index contributed by atoms with van der Waals surface area (Å²) < 4.78 is 5.19. The van der Waals surface area contributed by atoms with Gasteiger partial charge in [0, 0.05) is 25.4 Å². The first-order chi connectivity index (χ1) is 10.0. The van der Waals surface area contributed by atoms with Crippen molar-refractivity contribution in [3.8, 4) is 18.1 Å². The van der Waals surface area contributed by atoms with Gasteiger partial charge in [-0.3, -0.25) is 4.79 Å². The van der Waals surface area contributed by atoms with Gasteiger partial charge in [-0.05, 0) is 31.8 Å². The van der Waals surface area contributed by atoms with Crippen LogP contribution < -0.4 is 4.74 Å². The molecule has 1 aromatic carbocycles. The molecule has 1 saturated heterocycles. The third-order valence-electron chi connectivity index (χ3n) is 3.97. The lowest BCUT2D eigenvalue weighted by Gasteiger charge is -2.29. The van der Waals surface area contributed by atoms with Gasteiger partial charge in [-0.15, -0.1) is 12.3 Å². The second-order valence-corrected chi connectivity index (χ2v) is 5.62. The summed E-state index contributed by atoms with van der Waals surface area (Å²) in [7, 11) is 5.70. The molecule has 0 aliphatic carbocycles. The van der Waals surface area contributed by atoms with Crippen molar-refractivity contribution in [2.75, 3.05) is 34.3 Å². The molecule has 1 fully saturated rings. The molecule has 2 rings (SSSR count). The van der Waals surface area contributed by atoms with Crippen LogP contribution in [-0.4, -0.2) is 50.0 Å². The fraction of sp³-hybridized carbons (Fsp3) is 0.471. The molecule has 0 N–H and O–H groups in total. The lowest BCUT2D eigenvalue weighted by Crippen LogP contribution is -2.35. The Morgan fingerprint density at radius 2 is 2.10 bits per heavy atom. The van der Waals surface area contributed by atoms with Crippen LogP contribution in [0.1, 0.15) is 18.0 Å². The number of likely N-dealkylation sites (tertiary alicyclic amines) is 1. The van der Waals surface area contributed by atoms with Gasteiger partial charge < -0.3 is 14.5 Å². The summed E-state index contributed by atoms with van der Waals surface area (Å²) in [6, 6.07) is 8.13. The minimum atomic E-state index is 0.0520. The van der Waals surface area contributed by atoms with Gasteiger partial charge in [0.05, 0.1) is 13.2 Å². The van der Waals surface area contributed by atoms with E-state index in [0.29, 0.717) is 19.5 Å². The number of hydrogen-bond acceptors (Lipinski definition) is 3. The van der Waals surface area contributed by atoms with Crippen molar-refractivity contribution in [1.82, 2.24) is 9.80 Å². The van der Waals surface area contributed by atoms with E-state index in [4.69, 9.17) is 11.2 Å². The molecule has 0 radical (unpaired) electrons. The van der Waals surface area contributed by atoms with Crippen molar-refractivity contribution in [2.45, 2.75) is 12.5 Å². The van der Waals surface area contributed by atoms with Crippen LogP contribution in [0.4, 0.5) is 0 Å². The van der Waals surface area contributed by atoms with Gasteiger partial charge in [0.2, 0.25) is 5.91 Å². The monoisotopic (exact) mass is 286 g/mol. The minimum absolute atomic E-state index is 0.0520. The Hall–Kier alpha value is -1.99. The van der Waals surface area contributed by atoms with Gasteiger partial charge in [0.25, 0.3) is 0 Å². The number of benzene rings is 1. The van der Waals surface area contributed by atoms with E-state index >= 15 is 0 Å². The Bertz CT molecular complexity index is 531. The maximum Gasteiger partial charge on any atom is 0.223 e. The number of rotatable bonds is 5. The molecular formula is C17H22N2O2. The number of ether oxygens (including phenoxy) is 1. The van der Waals surface area contributed by atoms with Gasteiger partial charge in [0.1, 0.15) is 5.75 Å². The van der Waals surface area contributed by atoms with Crippen molar-refractivity contribution < 1.29 is 9.53 Å². The predicted molar refractivity (Wildman–Crippen MR) is 82.9 cm³/mol. The average molecular weight is 286 g/mol. The van der Waals surface area contributed by atoms with Crippen molar-refractivity contribution in [3.05, 3.63) is 29.8 Å². The van der Waals surface area contributed by atoms with E-state index in [1.165, 1.54) is 0 Å². The number of likely N-dealkylation sites (N-methyl/N-ethyl adjacent to an activating group) is 1. The zero-order valence-corrected chi connectivity index (χ0v) is 12.9. The maximum absolute atomic E-state index is 12.0. The van der Waals surface area contributed by atoms with Crippen LogP contribution in [0.25, 0.3) is 0 Å². The minimum Gasteiger partial charge on any atom is -0.497 e. The highest BCUT2D eigenvalue weighted by molar-refractivity contribution is 5.79. The summed E-state index contributed by atoms with van der Waals surface area (Å²) in [5.41, 5.74) is 1.16. The molecule has 1 amide bonds. The van der Waals surface area contributed by atoms with E-state index in [1.54, 1.807) is 7.11 Å². The number of carbonyl (C=O) groups is 1. The molecule has 21 heavy (non-hydrogen) atoms. The summed E-state index contributed by atoms with van der Waals surface area (Å²) in [5, 5.41) is 0. The highest BCUT2D eigenvalue weighted by atomic mass is 16.5. The first-order valence-electron chi connectivity index (χ1n) is 7.09. The van der Waals surface area contributed by atoms with E-state index in [1.807, 2.05) is 43.3 Å². The third kappa shape index (κ3) is 3.56. The Morgan fingerprint density at radius 3 is 2.57 bits per heavy atom. The molecule has 4 heteroatoms. The topological polar surface area (TPSA) is 32.8 Å². The Morgan fingerprint density at radius 1 is 1.43 bits per heavy atom. The average Bonchev–Trinajstić information content (AvgIpc) is 2.85. The van der Waals surface area contributed by atoms with Crippen molar-refractivity contribution in [3.63, 3.8) is 0 Å². The largest absolute Gasteiger partial charge is 0.497 e. The fourth-order valence-corrected chi connectivity index (χ4v) is 2.66. The molecular weight excluding hydrogens is 264 g/mol. The highest BCUT2D eigenvalue weighted by Gasteiger charge is 2.30. The third-order valence-corrected chi connectivity index (χ3v) is 3.97. The van der Waals surface area contributed by atoms with Crippen molar-refractivity contribution >= 4 is 5.91 Å². The molecule has 1 aliphatic heterocycles. The van der Waals surface area contributed by atoms with E-state index in [-0.39, 0.29) is 17.9 Å². The van der Waals surface area contributed by atoms with E-state index in [0.717, 1.165) is 11.3 Å². The quantitative estimate of drug-likeness (QED) is 0.774. The second-order valence-electron chi connectivity index (χ2n) is 5.62. The molecule has 2 atom stereocenters. The summed E-state index contributed by atoms with van der Waals surface area (Å²) >= 11 is 0.